The third-order valence-corrected chi connectivity index (χ3v) is 2.24. The van der Waals surface area contributed by atoms with E-state index >= 15 is 0 Å². The molecule has 4 nitrogen and oxygen atoms in total. The first kappa shape index (κ1) is 14.7. The van der Waals surface area contributed by atoms with Gasteiger partial charge in [-0.1, -0.05) is 0 Å². The number of rotatable bonds is 5. The first-order valence-electron chi connectivity index (χ1n) is 4.52. The summed E-state index contributed by atoms with van der Waals surface area (Å²) in [7, 11) is 0.993. The van der Waals surface area contributed by atoms with Crippen molar-refractivity contribution in [3.8, 4) is 0 Å². The van der Waals surface area contributed by atoms with Crippen molar-refractivity contribution in [2.45, 2.75) is 32.4 Å². The van der Waals surface area contributed by atoms with Crippen LogP contribution in [0.2, 0.25) is 0 Å². The van der Waals surface area contributed by atoms with E-state index in [2.05, 4.69) is 4.74 Å². The van der Waals surface area contributed by atoms with Gasteiger partial charge in [0.1, 0.15) is 0 Å². The average Bonchev–Trinajstić information content (AvgIpc) is 2.13. The van der Waals surface area contributed by atoms with Gasteiger partial charge in [0.2, 0.25) is 0 Å². The molecule has 0 heterocycles. The monoisotopic (exact) mass is 242 g/mol. The molecule has 0 radical (unpaired) electrons. The first-order chi connectivity index (χ1) is 7.13. The van der Waals surface area contributed by atoms with Crippen molar-refractivity contribution < 1.29 is 32.6 Å². The van der Waals surface area contributed by atoms with Crippen LogP contribution in [0.15, 0.2) is 0 Å². The van der Waals surface area contributed by atoms with Crippen molar-refractivity contribution in [1.82, 2.24) is 0 Å². The molecule has 16 heavy (non-hydrogen) atoms. The second-order valence-corrected chi connectivity index (χ2v) is 3.60. The number of aliphatic carboxylic acids is 1. The fourth-order valence-corrected chi connectivity index (χ4v) is 1.16. The third-order valence-electron chi connectivity index (χ3n) is 2.24. The lowest BCUT2D eigenvalue weighted by Gasteiger charge is -2.21. The molecule has 0 saturated carbocycles. The van der Waals surface area contributed by atoms with E-state index in [0.717, 1.165) is 14.0 Å². The predicted molar refractivity (Wildman–Crippen MR) is 47.7 cm³/mol. The molecule has 0 aliphatic heterocycles. The number of carbonyl (C=O) groups excluding carboxylic acids is 1. The van der Waals surface area contributed by atoms with E-state index in [9.17, 15) is 22.8 Å². The lowest BCUT2D eigenvalue weighted by Crippen LogP contribution is -2.37. The highest BCUT2D eigenvalue weighted by Gasteiger charge is 2.43. The van der Waals surface area contributed by atoms with Gasteiger partial charge in [0, 0.05) is 6.42 Å². The maximum Gasteiger partial charge on any atom is 0.389 e. The Kier molecular flexibility index (Phi) is 4.77. The molecule has 0 spiro atoms. The summed E-state index contributed by atoms with van der Waals surface area (Å²) in [5.74, 6) is -2.52. The van der Waals surface area contributed by atoms with E-state index in [0.29, 0.717) is 0 Å². The Hall–Kier alpha value is -1.27. The summed E-state index contributed by atoms with van der Waals surface area (Å²) in [6.07, 6.45) is -6.31. The van der Waals surface area contributed by atoms with Gasteiger partial charge in [-0.2, -0.15) is 13.2 Å². The molecule has 1 atom stereocenters. The van der Waals surface area contributed by atoms with Crippen molar-refractivity contribution >= 4 is 11.9 Å². The highest BCUT2D eigenvalue weighted by Crippen LogP contribution is 2.30. The molecule has 0 amide bonds. The number of halogens is 3. The van der Waals surface area contributed by atoms with Crippen molar-refractivity contribution in [1.29, 1.82) is 0 Å². The highest BCUT2D eigenvalue weighted by molar-refractivity contribution is 5.98. The summed E-state index contributed by atoms with van der Waals surface area (Å²) in [4.78, 5) is 21.9. The molecule has 0 bridgehead atoms. The number of alkyl halides is 3. The molecular weight excluding hydrogens is 229 g/mol. The van der Waals surface area contributed by atoms with E-state index < -0.39 is 42.8 Å². The van der Waals surface area contributed by atoms with Crippen molar-refractivity contribution in [3.63, 3.8) is 0 Å². The molecule has 0 fully saturated rings. The van der Waals surface area contributed by atoms with E-state index in [1.807, 2.05) is 0 Å². The standard InChI is InChI=1S/C9H13F3O4/c1-8(6(13)14,7(15)16-2)4-3-5-9(10,11)12/h3-5H2,1-2H3,(H,13,14). The molecule has 0 aromatic rings. The topological polar surface area (TPSA) is 63.6 Å². The fraction of sp³-hybridized carbons (Fsp3) is 0.778. The van der Waals surface area contributed by atoms with Gasteiger partial charge < -0.3 is 9.84 Å². The Morgan fingerprint density at radius 2 is 1.75 bits per heavy atom. The minimum Gasteiger partial charge on any atom is -0.480 e. The van der Waals surface area contributed by atoms with Crippen molar-refractivity contribution in [2.75, 3.05) is 7.11 Å². The zero-order chi connectivity index (χ0) is 13.0. The molecule has 1 unspecified atom stereocenters. The zero-order valence-electron chi connectivity index (χ0n) is 8.93. The molecular formula is C9H13F3O4. The number of carbonyl (C=O) groups is 2. The van der Waals surface area contributed by atoms with Gasteiger partial charge in [-0.05, 0) is 19.8 Å². The number of esters is 1. The maximum atomic E-state index is 11.9. The Balaban J connectivity index is 4.48. The SMILES string of the molecule is COC(=O)C(C)(CCCC(F)(F)F)C(=O)O. The van der Waals surface area contributed by atoms with Crippen LogP contribution >= 0.6 is 0 Å². The number of ether oxygens (including phenoxy) is 1. The Bertz CT molecular complexity index is 274. The molecule has 0 aromatic carbocycles. The molecule has 0 aromatic heterocycles. The van der Waals surface area contributed by atoms with Crippen molar-refractivity contribution in [3.05, 3.63) is 0 Å². The largest absolute Gasteiger partial charge is 0.480 e. The van der Waals surface area contributed by atoms with Crippen LogP contribution < -0.4 is 0 Å². The van der Waals surface area contributed by atoms with Crippen LogP contribution in [-0.4, -0.2) is 30.3 Å². The van der Waals surface area contributed by atoms with Crippen LogP contribution in [0.3, 0.4) is 0 Å². The molecule has 7 heteroatoms. The summed E-state index contributed by atoms with van der Waals surface area (Å²) in [6.45, 7) is 1.05. The summed E-state index contributed by atoms with van der Waals surface area (Å²) < 4.78 is 39.8. The molecule has 0 aliphatic carbocycles. The second kappa shape index (κ2) is 5.18. The number of hydrogen-bond acceptors (Lipinski definition) is 3. The molecule has 0 saturated heterocycles. The molecule has 0 aliphatic rings. The van der Waals surface area contributed by atoms with E-state index in [-0.39, 0.29) is 0 Å². The smallest absolute Gasteiger partial charge is 0.389 e. The zero-order valence-corrected chi connectivity index (χ0v) is 8.93. The quantitative estimate of drug-likeness (QED) is 0.591. The van der Waals surface area contributed by atoms with E-state index in [4.69, 9.17) is 5.11 Å². The fourth-order valence-electron chi connectivity index (χ4n) is 1.16. The van der Waals surface area contributed by atoms with Gasteiger partial charge in [0.25, 0.3) is 0 Å². The average molecular weight is 242 g/mol. The number of hydrogen-bond donors (Lipinski definition) is 1. The van der Waals surface area contributed by atoms with Gasteiger partial charge in [-0.25, -0.2) is 0 Å². The van der Waals surface area contributed by atoms with Gasteiger partial charge in [-0.3, -0.25) is 9.59 Å². The van der Waals surface area contributed by atoms with Gasteiger partial charge in [0.05, 0.1) is 7.11 Å². The van der Waals surface area contributed by atoms with Gasteiger partial charge >= 0.3 is 18.1 Å². The summed E-state index contributed by atoms with van der Waals surface area (Å²) in [5, 5.41) is 8.78. The second-order valence-electron chi connectivity index (χ2n) is 3.60. The Morgan fingerprint density at radius 1 is 1.25 bits per heavy atom. The van der Waals surface area contributed by atoms with Crippen LogP contribution in [0.5, 0.6) is 0 Å². The molecule has 94 valence electrons. The maximum absolute atomic E-state index is 11.9. The summed E-state index contributed by atoms with van der Waals surface area (Å²) in [5.41, 5.74) is -1.92. The normalized spacial score (nSPS) is 15.3. The number of methoxy groups -OCH3 is 1. The summed E-state index contributed by atoms with van der Waals surface area (Å²) in [6, 6.07) is 0. The highest BCUT2D eigenvalue weighted by atomic mass is 19.4. The third kappa shape index (κ3) is 4.08. The minimum absolute atomic E-state index is 0.408. The molecule has 0 rings (SSSR count). The van der Waals surface area contributed by atoms with Gasteiger partial charge in [-0.15, -0.1) is 0 Å². The van der Waals surface area contributed by atoms with Crippen LogP contribution in [0.25, 0.3) is 0 Å². The lowest BCUT2D eigenvalue weighted by molar-refractivity contribution is -0.168. The Morgan fingerprint density at radius 3 is 2.06 bits per heavy atom. The number of carboxylic acids is 1. The first-order valence-corrected chi connectivity index (χ1v) is 4.52. The van der Waals surface area contributed by atoms with Crippen molar-refractivity contribution in [2.24, 2.45) is 5.41 Å². The van der Waals surface area contributed by atoms with Crippen LogP contribution in [0.1, 0.15) is 26.2 Å². The van der Waals surface area contributed by atoms with E-state index in [1.54, 1.807) is 0 Å². The minimum atomic E-state index is -4.35. The van der Waals surface area contributed by atoms with Crippen LogP contribution in [-0.2, 0) is 14.3 Å². The van der Waals surface area contributed by atoms with Crippen LogP contribution in [0.4, 0.5) is 13.2 Å². The van der Waals surface area contributed by atoms with Crippen LogP contribution in [0, 0.1) is 5.41 Å². The predicted octanol–water partition coefficient (Wildman–Crippen LogP) is 1.98. The van der Waals surface area contributed by atoms with Gasteiger partial charge in [0.15, 0.2) is 5.41 Å². The lowest BCUT2D eigenvalue weighted by atomic mass is 9.85. The van der Waals surface area contributed by atoms with E-state index in [1.165, 1.54) is 0 Å². The number of carboxylic acid groups (broad SMARTS) is 1. The summed E-state index contributed by atoms with van der Waals surface area (Å²) >= 11 is 0. The molecule has 1 N–H and O–H groups in total. The Labute approximate surface area is 90.4 Å².